The minimum Gasteiger partial charge on any atom is -0.445 e. The van der Waals surface area contributed by atoms with Crippen molar-refractivity contribution in [2.45, 2.75) is 39.0 Å². The second kappa shape index (κ2) is 9.90. The molecular formula is C20H27N3O6. The number of benzene rings is 1. The number of alkyl carbamates (subject to hydrolysis) is 1. The van der Waals surface area contributed by atoms with Crippen LogP contribution in [0.2, 0.25) is 0 Å². The Balaban J connectivity index is 1.80. The van der Waals surface area contributed by atoms with E-state index in [0.29, 0.717) is 6.29 Å². The third-order valence-electron chi connectivity index (χ3n) is 4.14. The largest absolute Gasteiger partial charge is 0.445 e. The average molecular weight is 405 g/mol. The van der Waals surface area contributed by atoms with Gasteiger partial charge in [0.2, 0.25) is 5.91 Å². The Morgan fingerprint density at radius 3 is 2.48 bits per heavy atom. The van der Waals surface area contributed by atoms with Crippen LogP contribution in [0.15, 0.2) is 30.3 Å². The topological polar surface area (TPSA) is 105 Å². The SMILES string of the molecule is CC(C)(C)OC(=O)N1CCN(C(=O)CNC(=O)OCc2ccccc2)C(C=O)C1. The molecule has 1 atom stereocenters. The molecule has 0 spiro atoms. The molecule has 29 heavy (non-hydrogen) atoms. The Morgan fingerprint density at radius 2 is 1.86 bits per heavy atom. The minimum atomic E-state index is -0.800. The number of rotatable bonds is 5. The van der Waals surface area contributed by atoms with Gasteiger partial charge in [-0.1, -0.05) is 30.3 Å². The zero-order valence-electron chi connectivity index (χ0n) is 16.9. The Morgan fingerprint density at radius 1 is 1.17 bits per heavy atom. The van der Waals surface area contributed by atoms with Gasteiger partial charge in [0.25, 0.3) is 0 Å². The molecule has 2 rings (SSSR count). The van der Waals surface area contributed by atoms with Crippen LogP contribution in [0.5, 0.6) is 0 Å². The predicted molar refractivity (Wildman–Crippen MR) is 104 cm³/mol. The highest BCUT2D eigenvalue weighted by molar-refractivity contribution is 5.85. The van der Waals surface area contributed by atoms with Crippen LogP contribution in [0.4, 0.5) is 9.59 Å². The summed E-state index contributed by atoms with van der Waals surface area (Å²) >= 11 is 0. The van der Waals surface area contributed by atoms with Crippen molar-refractivity contribution in [3.8, 4) is 0 Å². The lowest BCUT2D eigenvalue weighted by atomic mass is 10.2. The number of nitrogens with zero attached hydrogens (tertiary/aromatic N) is 2. The Kier molecular flexibility index (Phi) is 7.58. The Hall–Kier alpha value is -3.10. The van der Waals surface area contributed by atoms with Crippen molar-refractivity contribution in [3.63, 3.8) is 0 Å². The monoisotopic (exact) mass is 405 g/mol. The van der Waals surface area contributed by atoms with Gasteiger partial charge in [0.1, 0.15) is 31.1 Å². The first-order chi connectivity index (χ1) is 13.7. The third kappa shape index (κ3) is 7.10. The summed E-state index contributed by atoms with van der Waals surface area (Å²) in [5.41, 5.74) is 0.179. The fourth-order valence-corrected chi connectivity index (χ4v) is 2.75. The molecule has 1 aromatic carbocycles. The molecular weight excluding hydrogens is 378 g/mol. The Bertz CT molecular complexity index is 731. The molecule has 1 N–H and O–H groups in total. The van der Waals surface area contributed by atoms with Crippen molar-refractivity contribution in [2.24, 2.45) is 0 Å². The molecule has 9 nitrogen and oxygen atoms in total. The van der Waals surface area contributed by atoms with Crippen molar-refractivity contribution in [1.82, 2.24) is 15.1 Å². The lowest BCUT2D eigenvalue weighted by molar-refractivity contribution is -0.138. The van der Waals surface area contributed by atoms with E-state index in [-0.39, 0.29) is 32.8 Å². The molecule has 9 heteroatoms. The van der Waals surface area contributed by atoms with E-state index in [0.717, 1.165) is 5.56 Å². The van der Waals surface area contributed by atoms with Crippen LogP contribution < -0.4 is 5.32 Å². The van der Waals surface area contributed by atoms with Gasteiger partial charge in [-0.25, -0.2) is 9.59 Å². The van der Waals surface area contributed by atoms with Crippen LogP contribution in [0.1, 0.15) is 26.3 Å². The summed E-state index contributed by atoms with van der Waals surface area (Å²) in [4.78, 5) is 50.5. The minimum absolute atomic E-state index is 0.0443. The molecule has 0 saturated carbocycles. The molecule has 1 fully saturated rings. The van der Waals surface area contributed by atoms with Crippen molar-refractivity contribution >= 4 is 24.4 Å². The van der Waals surface area contributed by atoms with E-state index in [9.17, 15) is 19.2 Å². The summed E-state index contributed by atoms with van der Waals surface area (Å²) in [6.07, 6.45) is -0.640. The van der Waals surface area contributed by atoms with E-state index in [1.807, 2.05) is 30.3 Å². The molecule has 0 bridgehead atoms. The molecule has 1 saturated heterocycles. The molecule has 1 heterocycles. The lowest BCUT2D eigenvalue weighted by Crippen LogP contribution is -2.59. The first-order valence-electron chi connectivity index (χ1n) is 9.37. The molecule has 0 aliphatic carbocycles. The zero-order chi connectivity index (χ0) is 21.4. The fraction of sp³-hybridized carbons (Fsp3) is 0.500. The molecule has 1 unspecified atom stereocenters. The van der Waals surface area contributed by atoms with Gasteiger partial charge < -0.3 is 29.4 Å². The maximum Gasteiger partial charge on any atom is 0.410 e. The highest BCUT2D eigenvalue weighted by Crippen LogP contribution is 2.14. The van der Waals surface area contributed by atoms with Crippen molar-refractivity contribution in [1.29, 1.82) is 0 Å². The summed E-state index contributed by atoms with van der Waals surface area (Å²) in [6.45, 7) is 5.50. The quantitative estimate of drug-likeness (QED) is 0.746. The number of hydrogen-bond donors (Lipinski definition) is 1. The van der Waals surface area contributed by atoms with Crippen LogP contribution in [-0.4, -0.2) is 72.0 Å². The number of carbonyl (C=O) groups is 4. The van der Waals surface area contributed by atoms with Crippen LogP contribution in [0, 0.1) is 0 Å². The second-order valence-electron chi connectivity index (χ2n) is 7.63. The maximum absolute atomic E-state index is 12.4. The first kappa shape index (κ1) is 22.2. The van der Waals surface area contributed by atoms with Gasteiger partial charge in [0.15, 0.2) is 0 Å². The van der Waals surface area contributed by atoms with Gasteiger partial charge in [-0.2, -0.15) is 0 Å². The van der Waals surface area contributed by atoms with Crippen molar-refractivity contribution in [2.75, 3.05) is 26.2 Å². The molecule has 0 aromatic heterocycles. The first-order valence-corrected chi connectivity index (χ1v) is 9.37. The lowest BCUT2D eigenvalue weighted by Gasteiger charge is -2.39. The second-order valence-corrected chi connectivity index (χ2v) is 7.63. The van der Waals surface area contributed by atoms with E-state index in [2.05, 4.69) is 5.32 Å². The third-order valence-corrected chi connectivity index (χ3v) is 4.14. The molecule has 3 amide bonds. The summed E-state index contributed by atoms with van der Waals surface area (Å²) in [5, 5.41) is 2.39. The molecule has 158 valence electrons. The number of amides is 3. The van der Waals surface area contributed by atoms with Crippen LogP contribution in [0.25, 0.3) is 0 Å². The van der Waals surface area contributed by atoms with E-state index in [4.69, 9.17) is 9.47 Å². The highest BCUT2D eigenvalue weighted by Gasteiger charge is 2.34. The van der Waals surface area contributed by atoms with Crippen LogP contribution >= 0.6 is 0 Å². The number of aldehydes is 1. The predicted octanol–water partition coefficient (Wildman–Crippen LogP) is 1.56. The summed E-state index contributed by atoms with van der Waals surface area (Å²) in [5.74, 6) is -0.428. The van der Waals surface area contributed by atoms with Crippen molar-refractivity contribution < 1.29 is 28.7 Å². The number of piperazine rings is 1. The van der Waals surface area contributed by atoms with E-state index in [1.54, 1.807) is 20.8 Å². The molecule has 1 aliphatic rings. The van der Waals surface area contributed by atoms with Crippen LogP contribution in [-0.2, 0) is 25.7 Å². The van der Waals surface area contributed by atoms with E-state index >= 15 is 0 Å². The number of hydrogen-bond acceptors (Lipinski definition) is 6. The van der Waals surface area contributed by atoms with Crippen LogP contribution in [0.3, 0.4) is 0 Å². The summed E-state index contributed by atoms with van der Waals surface area (Å²) < 4.78 is 10.4. The molecule has 1 aliphatic heterocycles. The van der Waals surface area contributed by atoms with Gasteiger partial charge in [0.05, 0.1) is 6.54 Å². The molecule has 1 aromatic rings. The highest BCUT2D eigenvalue weighted by atomic mass is 16.6. The Labute approximate surface area is 169 Å². The maximum atomic E-state index is 12.4. The standard InChI is InChI=1S/C20H27N3O6/c1-20(2,3)29-19(27)22-9-10-23(16(12-22)13-24)17(25)11-21-18(26)28-14-15-7-5-4-6-8-15/h4-8,13,16H,9-12,14H2,1-3H3,(H,21,26). The van der Waals surface area contributed by atoms with Crippen molar-refractivity contribution in [3.05, 3.63) is 35.9 Å². The van der Waals surface area contributed by atoms with Gasteiger partial charge in [-0.3, -0.25) is 4.79 Å². The number of carbonyl (C=O) groups excluding carboxylic acids is 4. The average Bonchev–Trinajstić information content (AvgIpc) is 2.69. The number of nitrogens with one attached hydrogen (secondary N) is 1. The summed E-state index contributed by atoms with van der Waals surface area (Å²) in [6, 6.07) is 8.35. The smallest absolute Gasteiger partial charge is 0.410 e. The summed E-state index contributed by atoms with van der Waals surface area (Å²) in [7, 11) is 0. The van der Waals surface area contributed by atoms with Gasteiger partial charge in [0, 0.05) is 13.1 Å². The van der Waals surface area contributed by atoms with Gasteiger partial charge >= 0.3 is 12.2 Å². The van der Waals surface area contributed by atoms with Gasteiger partial charge in [-0.05, 0) is 26.3 Å². The van der Waals surface area contributed by atoms with E-state index in [1.165, 1.54) is 9.80 Å². The van der Waals surface area contributed by atoms with E-state index < -0.39 is 29.7 Å². The van der Waals surface area contributed by atoms with Gasteiger partial charge in [-0.15, -0.1) is 0 Å². The zero-order valence-corrected chi connectivity index (χ0v) is 16.9. The molecule has 0 radical (unpaired) electrons. The fourth-order valence-electron chi connectivity index (χ4n) is 2.75. The normalized spacial score (nSPS) is 16.7. The number of ether oxygens (including phenoxy) is 2.